The Labute approximate surface area is 137 Å². The van der Waals surface area contributed by atoms with E-state index < -0.39 is 22.8 Å². The number of nitrogens with one attached hydrogen (secondary N) is 1. The van der Waals surface area contributed by atoms with E-state index in [4.69, 9.17) is 0 Å². The summed E-state index contributed by atoms with van der Waals surface area (Å²) < 4.78 is 1.27. The van der Waals surface area contributed by atoms with E-state index in [-0.39, 0.29) is 25.1 Å². The van der Waals surface area contributed by atoms with E-state index in [1.807, 2.05) is 6.07 Å². The monoisotopic (exact) mass is 332 g/mol. The maximum Gasteiger partial charge on any atom is 0.326 e. The smallest absolute Gasteiger partial charge is 0.326 e. The van der Waals surface area contributed by atoms with Gasteiger partial charge in [0, 0.05) is 19.4 Å². The van der Waals surface area contributed by atoms with Crippen LogP contribution in [0.2, 0.25) is 0 Å². The molecule has 0 aliphatic carbocycles. The van der Waals surface area contributed by atoms with E-state index in [0.717, 1.165) is 11.8 Å². The third kappa shape index (κ3) is 4.90. The van der Waals surface area contributed by atoms with Gasteiger partial charge < -0.3 is 10.4 Å². The number of carbonyl (C=O) groups is 2. The molecule has 1 aromatic carbocycles. The molecule has 2 aromatic rings. The van der Waals surface area contributed by atoms with Crippen LogP contribution >= 0.6 is 0 Å². The second-order valence-corrected chi connectivity index (χ2v) is 5.12. The molecule has 9 heteroatoms. The van der Waals surface area contributed by atoms with Crippen molar-refractivity contribution in [1.29, 1.82) is 0 Å². The van der Waals surface area contributed by atoms with Gasteiger partial charge in [0.05, 0.1) is 4.92 Å². The van der Waals surface area contributed by atoms with Crippen LogP contribution in [-0.2, 0) is 22.6 Å². The number of amides is 1. The average molecular weight is 332 g/mol. The Bertz CT molecular complexity index is 728. The number of benzene rings is 1. The van der Waals surface area contributed by atoms with Crippen LogP contribution < -0.4 is 5.32 Å². The molecule has 126 valence electrons. The van der Waals surface area contributed by atoms with Crippen LogP contribution in [0.15, 0.2) is 42.7 Å². The highest BCUT2D eigenvalue weighted by Gasteiger charge is 2.20. The summed E-state index contributed by atoms with van der Waals surface area (Å²) in [6.07, 6.45) is 2.45. The zero-order valence-corrected chi connectivity index (χ0v) is 12.7. The van der Waals surface area contributed by atoms with Crippen molar-refractivity contribution in [2.45, 2.75) is 25.4 Å². The zero-order valence-electron chi connectivity index (χ0n) is 12.7. The third-order valence-corrected chi connectivity index (χ3v) is 3.31. The molecule has 0 aliphatic rings. The SMILES string of the molecule is O=C(CCn1cc([N+](=O)[O-])cn1)N[C@@H](Cc1ccccc1)C(=O)O. The number of hydrogen-bond acceptors (Lipinski definition) is 5. The van der Waals surface area contributed by atoms with Crippen molar-refractivity contribution >= 4 is 17.6 Å². The molecular weight excluding hydrogens is 316 g/mol. The largest absolute Gasteiger partial charge is 0.480 e. The second-order valence-electron chi connectivity index (χ2n) is 5.12. The lowest BCUT2D eigenvalue weighted by Gasteiger charge is -2.14. The Morgan fingerprint density at radius 2 is 2.04 bits per heavy atom. The summed E-state index contributed by atoms with van der Waals surface area (Å²) in [4.78, 5) is 33.2. The Morgan fingerprint density at radius 3 is 2.62 bits per heavy atom. The fourth-order valence-electron chi connectivity index (χ4n) is 2.10. The van der Waals surface area contributed by atoms with Gasteiger partial charge in [-0.3, -0.25) is 19.6 Å². The molecule has 0 spiro atoms. The van der Waals surface area contributed by atoms with Gasteiger partial charge in [-0.15, -0.1) is 0 Å². The molecule has 0 unspecified atom stereocenters. The molecule has 0 radical (unpaired) electrons. The Hall–Kier alpha value is -3.23. The summed E-state index contributed by atoms with van der Waals surface area (Å²) in [6, 6.07) is 7.94. The van der Waals surface area contributed by atoms with E-state index in [1.165, 1.54) is 10.9 Å². The lowest BCUT2D eigenvalue weighted by Crippen LogP contribution is -2.42. The van der Waals surface area contributed by atoms with Gasteiger partial charge in [-0.1, -0.05) is 30.3 Å². The minimum Gasteiger partial charge on any atom is -0.480 e. The number of carbonyl (C=O) groups excluding carboxylic acids is 1. The first-order valence-corrected chi connectivity index (χ1v) is 7.18. The molecular formula is C15H16N4O5. The van der Waals surface area contributed by atoms with Gasteiger partial charge in [-0.25, -0.2) is 4.79 Å². The first-order valence-electron chi connectivity index (χ1n) is 7.18. The van der Waals surface area contributed by atoms with Crippen LogP contribution in [0.4, 0.5) is 5.69 Å². The van der Waals surface area contributed by atoms with Gasteiger partial charge in [0.2, 0.25) is 5.91 Å². The summed E-state index contributed by atoms with van der Waals surface area (Å²) >= 11 is 0. The molecule has 1 heterocycles. The number of hydrogen-bond donors (Lipinski definition) is 2. The first kappa shape index (κ1) is 17.1. The Kier molecular flexibility index (Phi) is 5.61. The molecule has 1 aromatic heterocycles. The van der Waals surface area contributed by atoms with E-state index in [9.17, 15) is 24.8 Å². The minimum atomic E-state index is -1.12. The normalized spacial score (nSPS) is 11.7. The van der Waals surface area contributed by atoms with Gasteiger partial charge in [0.25, 0.3) is 0 Å². The third-order valence-electron chi connectivity index (χ3n) is 3.31. The highest BCUT2D eigenvalue weighted by Crippen LogP contribution is 2.08. The predicted molar refractivity (Wildman–Crippen MR) is 83.2 cm³/mol. The topological polar surface area (TPSA) is 127 Å². The number of aryl methyl sites for hydroxylation is 1. The van der Waals surface area contributed by atoms with Crippen molar-refractivity contribution in [2.24, 2.45) is 0 Å². The number of carboxylic acid groups (broad SMARTS) is 1. The van der Waals surface area contributed by atoms with E-state index >= 15 is 0 Å². The number of aromatic nitrogens is 2. The van der Waals surface area contributed by atoms with Crippen molar-refractivity contribution in [1.82, 2.24) is 15.1 Å². The zero-order chi connectivity index (χ0) is 17.5. The maximum atomic E-state index is 11.9. The van der Waals surface area contributed by atoms with Crippen molar-refractivity contribution in [3.8, 4) is 0 Å². The summed E-state index contributed by atoms with van der Waals surface area (Å²) in [7, 11) is 0. The van der Waals surface area contributed by atoms with Crippen LogP contribution in [0.3, 0.4) is 0 Å². The van der Waals surface area contributed by atoms with Gasteiger partial charge in [-0.2, -0.15) is 5.10 Å². The minimum absolute atomic E-state index is 0.0304. The Balaban J connectivity index is 1.88. The second kappa shape index (κ2) is 7.86. The molecule has 0 bridgehead atoms. The van der Waals surface area contributed by atoms with Crippen LogP contribution in [0, 0.1) is 10.1 Å². The van der Waals surface area contributed by atoms with Gasteiger partial charge in [0.15, 0.2) is 0 Å². The van der Waals surface area contributed by atoms with Gasteiger partial charge in [0.1, 0.15) is 18.4 Å². The van der Waals surface area contributed by atoms with Gasteiger partial charge >= 0.3 is 11.7 Å². The summed E-state index contributed by atoms with van der Waals surface area (Å²) in [5, 5.41) is 26.0. The Morgan fingerprint density at radius 1 is 1.33 bits per heavy atom. The molecule has 0 saturated heterocycles. The lowest BCUT2D eigenvalue weighted by molar-refractivity contribution is -0.385. The van der Waals surface area contributed by atoms with Crippen LogP contribution in [0.1, 0.15) is 12.0 Å². The average Bonchev–Trinajstić information content (AvgIpc) is 3.02. The predicted octanol–water partition coefficient (Wildman–Crippen LogP) is 0.993. The molecule has 0 fully saturated rings. The van der Waals surface area contributed by atoms with E-state index in [0.29, 0.717) is 0 Å². The first-order chi connectivity index (χ1) is 11.5. The fourth-order valence-corrected chi connectivity index (χ4v) is 2.10. The summed E-state index contributed by atoms with van der Waals surface area (Å²) in [5.74, 6) is -1.58. The number of nitrogens with zero attached hydrogens (tertiary/aromatic N) is 3. The molecule has 0 saturated carbocycles. The van der Waals surface area contributed by atoms with Crippen LogP contribution in [0.5, 0.6) is 0 Å². The molecule has 24 heavy (non-hydrogen) atoms. The number of aliphatic carboxylic acids is 1. The number of carboxylic acids is 1. The molecule has 1 atom stereocenters. The summed E-state index contributed by atoms with van der Waals surface area (Å²) in [6.45, 7) is 0.122. The highest BCUT2D eigenvalue weighted by atomic mass is 16.6. The van der Waals surface area contributed by atoms with Crippen molar-refractivity contribution in [3.05, 3.63) is 58.4 Å². The maximum absolute atomic E-state index is 11.9. The quantitative estimate of drug-likeness (QED) is 0.548. The summed E-state index contributed by atoms with van der Waals surface area (Å²) in [5.41, 5.74) is 0.635. The molecule has 2 N–H and O–H groups in total. The molecule has 1 amide bonds. The highest BCUT2D eigenvalue weighted by molar-refractivity contribution is 5.83. The standard InChI is InChI=1S/C15H16N4O5/c20-14(6-7-18-10-12(9-16-18)19(23)24)17-13(15(21)22)8-11-4-2-1-3-5-11/h1-5,9-10,13H,6-8H2,(H,17,20)(H,21,22)/t13-/m0/s1. The van der Waals surface area contributed by atoms with Crippen molar-refractivity contribution < 1.29 is 19.6 Å². The van der Waals surface area contributed by atoms with E-state index in [1.54, 1.807) is 24.3 Å². The van der Waals surface area contributed by atoms with Gasteiger partial charge in [-0.05, 0) is 5.56 Å². The lowest BCUT2D eigenvalue weighted by atomic mass is 10.1. The number of nitro groups is 1. The molecule has 0 aliphatic heterocycles. The van der Waals surface area contributed by atoms with Crippen molar-refractivity contribution in [2.75, 3.05) is 0 Å². The number of rotatable bonds is 8. The molecule has 9 nitrogen and oxygen atoms in total. The van der Waals surface area contributed by atoms with Crippen molar-refractivity contribution in [3.63, 3.8) is 0 Å². The molecule has 2 rings (SSSR count). The van der Waals surface area contributed by atoms with Crippen LogP contribution in [0.25, 0.3) is 0 Å². The van der Waals surface area contributed by atoms with E-state index in [2.05, 4.69) is 10.4 Å². The fraction of sp³-hybridized carbons (Fsp3) is 0.267. The van der Waals surface area contributed by atoms with Crippen LogP contribution in [-0.4, -0.2) is 37.7 Å².